The van der Waals surface area contributed by atoms with Crippen molar-refractivity contribution in [2.24, 2.45) is 11.7 Å². The highest BCUT2D eigenvalue weighted by Gasteiger charge is 2.21. The Bertz CT molecular complexity index is 447. The van der Waals surface area contributed by atoms with Gasteiger partial charge in [-0.2, -0.15) is 0 Å². The summed E-state index contributed by atoms with van der Waals surface area (Å²) >= 11 is 0. The maximum absolute atomic E-state index is 12.0. The van der Waals surface area contributed by atoms with Gasteiger partial charge < -0.3 is 16.4 Å². The number of carbonyl (C=O) groups excluding carboxylic acids is 1. The SMILES string of the molecule is CCC1CCCC(NC(=O)Nc2cccc(CN)c2)C1. The zero-order chi connectivity index (χ0) is 14.4. The molecule has 0 bridgehead atoms. The van der Waals surface area contributed by atoms with Gasteiger partial charge in [0, 0.05) is 18.3 Å². The monoisotopic (exact) mass is 275 g/mol. The van der Waals surface area contributed by atoms with Crippen LogP contribution in [0.25, 0.3) is 0 Å². The van der Waals surface area contributed by atoms with Crippen LogP contribution in [0.4, 0.5) is 10.5 Å². The fourth-order valence-electron chi connectivity index (χ4n) is 2.92. The van der Waals surface area contributed by atoms with Gasteiger partial charge in [0.2, 0.25) is 0 Å². The van der Waals surface area contributed by atoms with Crippen LogP contribution in [-0.2, 0) is 6.54 Å². The maximum atomic E-state index is 12.0. The molecule has 0 saturated heterocycles. The molecule has 2 atom stereocenters. The molecule has 1 aliphatic carbocycles. The lowest BCUT2D eigenvalue weighted by molar-refractivity contribution is 0.235. The fraction of sp³-hybridized carbons (Fsp3) is 0.562. The van der Waals surface area contributed by atoms with Crippen molar-refractivity contribution >= 4 is 11.7 Å². The van der Waals surface area contributed by atoms with E-state index < -0.39 is 0 Å². The molecule has 4 N–H and O–H groups in total. The largest absolute Gasteiger partial charge is 0.335 e. The summed E-state index contributed by atoms with van der Waals surface area (Å²) in [6.45, 7) is 2.71. The van der Waals surface area contributed by atoms with Gasteiger partial charge in [0.05, 0.1) is 0 Å². The van der Waals surface area contributed by atoms with Gasteiger partial charge in [0.25, 0.3) is 0 Å². The zero-order valence-corrected chi connectivity index (χ0v) is 12.2. The Kier molecular flexibility index (Phi) is 5.41. The van der Waals surface area contributed by atoms with Crippen LogP contribution in [0.15, 0.2) is 24.3 Å². The number of hydrogen-bond acceptors (Lipinski definition) is 2. The van der Waals surface area contributed by atoms with Gasteiger partial charge in [-0.25, -0.2) is 4.79 Å². The third-order valence-electron chi connectivity index (χ3n) is 4.12. The van der Waals surface area contributed by atoms with E-state index in [1.807, 2.05) is 24.3 Å². The normalized spacial score (nSPS) is 22.3. The zero-order valence-electron chi connectivity index (χ0n) is 12.2. The third kappa shape index (κ3) is 4.23. The highest BCUT2D eigenvalue weighted by molar-refractivity contribution is 5.89. The molecule has 1 saturated carbocycles. The molecule has 1 fully saturated rings. The van der Waals surface area contributed by atoms with Crippen molar-refractivity contribution in [3.05, 3.63) is 29.8 Å². The van der Waals surface area contributed by atoms with Gasteiger partial charge in [0.1, 0.15) is 0 Å². The van der Waals surface area contributed by atoms with E-state index in [-0.39, 0.29) is 6.03 Å². The number of rotatable bonds is 4. The van der Waals surface area contributed by atoms with E-state index in [9.17, 15) is 4.79 Å². The number of carbonyl (C=O) groups is 1. The number of nitrogens with two attached hydrogens (primary N) is 1. The molecule has 1 aliphatic rings. The van der Waals surface area contributed by atoms with Crippen molar-refractivity contribution in [2.75, 3.05) is 5.32 Å². The highest BCUT2D eigenvalue weighted by atomic mass is 16.2. The van der Waals surface area contributed by atoms with Crippen molar-refractivity contribution in [2.45, 2.75) is 51.6 Å². The smallest absolute Gasteiger partial charge is 0.319 e. The maximum Gasteiger partial charge on any atom is 0.319 e. The van der Waals surface area contributed by atoms with Crippen LogP contribution >= 0.6 is 0 Å². The number of anilines is 1. The number of amides is 2. The predicted molar refractivity (Wildman–Crippen MR) is 82.5 cm³/mol. The van der Waals surface area contributed by atoms with E-state index in [1.54, 1.807) is 0 Å². The topological polar surface area (TPSA) is 67.2 Å². The molecule has 110 valence electrons. The first kappa shape index (κ1) is 14.9. The minimum atomic E-state index is -0.110. The van der Waals surface area contributed by atoms with Crippen molar-refractivity contribution in [1.29, 1.82) is 0 Å². The molecule has 4 nitrogen and oxygen atoms in total. The molecule has 0 aromatic heterocycles. The Labute approximate surface area is 121 Å². The average molecular weight is 275 g/mol. The van der Waals surface area contributed by atoms with Crippen LogP contribution in [0, 0.1) is 5.92 Å². The summed E-state index contributed by atoms with van der Waals surface area (Å²) < 4.78 is 0. The van der Waals surface area contributed by atoms with Crippen molar-refractivity contribution < 1.29 is 4.79 Å². The molecule has 4 heteroatoms. The Morgan fingerprint density at radius 2 is 2.25 bits per heavy atom. The molecule has 0 spiro atoms. The first-order chi connectivity index (χ1) is 9.71. The van der Waals surface area contributed by atoms with Crippen molar-refractivity contribution in [3.63, 3.8) is 0 Å². The standard InChI is InChI=1S/C16H25N3O/c1-2-12-5-3-7-14(9-12)18-16(20)19-15-8-4-6-13(10-15)11-17/h4,6,8,10,12,14H,2-3,5,7,9,11,17H2,1H3,(H2,18,19,20). The van der Waals surface area contributed by atoms with Gasteiger partial charge >= 0.3 is 6.03 Å². The van der Waals surface area contributed by atoms with Crippen LogP contribution in [0.3, 0.4) is 0 Å². The van der Waals surface area contributed by atoms with Crippen LogP contribution in [0.2, 0.25) is 0 Å². The minimum Gasteiger partial charge on any atom is -0.335 e. The number of hydrogen-bond donors (Lipinski definition) is 3. The van der Waals surface area contributed by atoms with Gasteiger partial charge in [-0.05, 0) is 36.5 Å². The van der Waals surface area contributed by atoms with E-state index in [0.717, 1.165) is 30.0 Å². The number of urea groups is 1. The predicted octanol–water partition coefficient (Wildman–Crippen LogP) is 3.24. The molecular formula is C16H25N3O. The van der Waals surface area contributed by atoms with E-state index in [4.69, 9.17) is 5.73 Å². The Morgan fingerprint density at radius 1 is 1.40 bits per heavy atom. The summed E-state index contributed by atoms with van der Waals surface area (Å²) in [7, 11) is 0. The van der Waals surface area contributed by atoms with Crippen LogP contribution in [0.1, 0.15) is 44.6 Å². The number of benzene rings is 1. The molecule has 2 amide bonds. The van der Waals surface area contributed by atoms with E-state index in [1.165, 1.54) is 19.3 Å². The second-order valence-corrected chi connectivity index (χ2v) is 5.64. The van der Waals surface area contributed by atoms with E-state index >= 15 is 0 Å². The van der Waals surface area contributed by atoms with Gasteiger partial charge in [0.15, 0.2) is 0 Å². The highest BCUT2D eigenvalue weighted by Crippen LogP contribution is 2.26. The quantitative estimate of drug-likeness (QED) is 0.789. The molecule has 0 heterocycles. The van der Waals surface area contributed by atoms with Crippen molar-refractivity contribution in [3.8, 4) is 0 Å². The average Bonchev–Trinajstić information content (AvgIpc) is 2.47. The fourth-order valence-corrected chi connectivity index (χ4v) is 2.92. The summed E-state index contributed by atoms with van der Waals surface area (Å²) in [6, 6.07) is 7.86. The summed E-state index contributed by atoms with van der Waals surface area (Å²) in [5.74, 6) is 0.759. The lowest BCUT2D eigenvalue weighted by atomic mass is 9.84. The first-order valence-electron chi connectivity index (χ1n) is 7.57. The minimum absolute atomic E-state index is 0.110. The Balaban J connectivity index is 1.85. The van der Waals surface area contributed by atoms with Gasteiger partial charge in [-0.3, -0.25) is 0 Å². The molecule has 0 radical (unpaired) electrons. The molecule has 2 unspecified atom stereocenters. The van der Waals surface area contributed by atoms with E-state index in [0.29, 0.717) is 12.6 Å². The van der Waals surface area contributed by atoms with Crippen LogP contribution in [-0.4, -0.2) is 12.1 Å². The van der Waals surface area contributed by atoms with Crippen LogP contribution < -0.4 is 16.4 Å². The molecule has 1 aromatic rings. The molecule has 0 aliphatic heterocycles. The van der Waals surface area contributed by atoms with Gasteiger partial charge in [-0.15, -0.1) is 0 Å². The summed E-state index contributed by atoms with van der Waals surface area (Å²) in [6.07, 6.45) is 5.92. The first-order valence-corrected chi connectivity index (χ1v) is 7.57. The van der Waals surface area contributed by atoms with E-state index in [2.05, 4.69) is 17.6 Å². The lowest BCUT2D eigenvalue weighted by Crippen LogP contribution is -2.40. The Hall–Kier alpha value is -1.55. The van der Waals surface area contributed by atoms with Crippen LogP contribution in [0.5, 0.6) is 0 Å². The Morgan fingerprint density at radius 3 is 3.00 bits per heavy atom. The summed E-state index contributed by atoms with van der Waals surface area (Å²) in [5.41, 5.74) is 7.42. The molecule has 2 rings (SSSR count). The second kappa shape index (κ2) is 7.29. The third-order valence-corrected chi connectivity index (χ3v) is 4.12. The number of nitrogens with one attached hydrogen (secondary N) is 2. The molecular weight excluding hydrogens is 250 g/mol. The summed E-state index contributed by atoms with van der Waals surface area (Å²) in [4.78, 5) is 12.0. The van der Waals surface area contributed by atoms with Gasteiger partial charge in [-0.1, -0.05) is 38.3 Å². The lowest BCUT2D eigenvalue weighted by Gasteiger charge is -2.29. The second-order valence-electron chi connectivity index (χ2n) is 5.64. The summed E-state index contributed by atoms with van der Waals surface area (Å²) in [5, 5.41) is 5.98. The molecule has 1 aromatic carbocycles. The molecule has 20 heavy (non-hydrogen) atoms. The van der Waals surface area contributed by atoms with Crippen molar-refractivity contribution in [1.82, 2.24) is 5.32 Å².